The van der Waals surface area contributed by atoms with Gasteiger partial charge in [-0.2, -0.15) is 0 Å². The van der Waals surface area contributed by atoms with Gasteiger partial charge in [-0.05, 0) is 37.3 Å². The molecule has 1 aliphatic heterocycles. The molecular weight excluding hydrogens is 224 g/mol. The minimum absolute atomic E-state index is 0.651. The molecule has 108 valence electrons. The number of nitrogens with one attached hydrogen (secondary N) is 1. The predicted molar refractivity (Wildman–Crippen MR) is 77.9 cm³/mol. The molecule has 0 amide bonds. The number of rotatable bonds is 6. The minimum Gasteiger partial charge on any atom is -0.381 e. The van der Waals surface area contributed by atoms with Gasteiger partial charge in [-0.25, -0.2) is 0 Å². The van der Waals surface area contributed by atoms with E-state index in [4.69, 9.17) is 4.74 Å². The van der Waals surface area contributed by atoms with Crippen LogP contribution in [0, 0.1) is 17.8 Å². The van der Waals surface area contributed by atoms with Gasteiger partial charge in [-0.1, -0.05) is 27.7 Å². The van der Waals surface area contributed by atoms with E-state index >= 15 is 0 Å². The maximum atomic E-state index is 5.66. The molecule has 2 unspecified atom stereocenters. The third kappa shape index (κ3) is 7.34. The van der Waals surface area contributed by atoms with Gasteiger partial charge in [0, 0.05) is 32.8 Å². The first kappa shape index (κ1) is 15.9. The highest BCUT2D eigenvalue weighted by Crippen LogP contribution is 2.08. The Morgan fingerprint density at radius 3 is 2.33 bits per heavy atom. The summed E-state index contributed by atoms with van der Waals surface area (Å²) in [4.78, 5) is 2.62. The summed E-state index contributed by atoms with van der Waals surface area (Å²) in [5.74, 6) is 2.17. The van der Waals surface area contributed by atoms with E-state index in [-0.39, 0.29) is 0 Å². The Morgan fingerprint density at radius 2 is 1.78 bits per heavy atom. The van der Waals surface area contributed by atoms with E-state index in [0.29, 0.717) is 5.92 Å². The van der Waals surface area contributed by atoms with E-state index in [1.54, 1.807) is 0 Å². The molecule has 18 heavy (non-hydrogen) atoms. The maximum absolute atomic E-state index is 5.66. The molecule has 0 aromatic carbocycles. The molecule has 0 spiro atoms. The highest BCUT2D eigenvalue weighted by atomic mass is 16.5. The molecule has 0 aromatic rings. The summed E-state index contributed by atoms with van der Waals surface area (Å²) < 4.78 is 5.66. The van der Waals surface area contributed by atoms with Gasteiger partial charge < -0.3 is 15.0 Å². The van der Waals surface area contributed by atoms with Crippen molar-refractivity contribution in [3.8, 4) is 0 Å². The van der Waals surface area contributed by atoms with Gasteiger partial charge in [0.1, 0.15) is 0 Å². The number of hydrogen-bond acceptors (Lipinski definition) is 3. The summed E-state index contributed by atoms with van der Waals surface area (Å²) in [6.45, 7) is 16.8. The number of hydrogen-bond donors (Lipinski definition) is 1. The molecule has 3 nitrogen and oxygen atoms in total. The number of ether oxygens (including phenoxy) is 1. The lowest BCUT2D eigenvalue weighted by Crippen LogP contribution is -2.43. The Labute approximate surface area is 113 Å². The Kier molecular flexibility index (Phi) is 7.87. The van der Waals surface area contributed by atoms with E-state index in [9.17, 15) is 0 Å². The monoisotopic (exact) mass is 256 g/mol. The Morgan fingerprint density at radius 1 is 1.17 bits per heavy atom. The van der Waals surface area contributed by atoms with E-state index in [0.717, 1.165) is 38.1 Å². The first-order chi connectivity index (χ1) is 8.58. The van der Waals surface area contributed by atoms with Crippen LogP contribution in [0.25, 0.3) is 0 Å². The molecule has 1 saturated heterocycles. The SMILES string of the molecule is CC(C)COCCCN1CC(C)CNCC(C)C1. The van der Waals surface area contributed by atoms with Crippen LogP contribution in [0.4, 0.5) is 0 Å². The molecule has 2 atom stereocenters. The normalized spacial score (nSPS) is 27.2. The Balaban J connectivity index is 2.16. The van der Waals surface area contributed by atoms with Gasteiger partial charge in [0.05, 0.1) is 0 Å². The van der Waals surface area contributed by atoms with Crippen molar-refractivity contribution in [3.63, 3.8) is 0 Å². The zero-order valence-electron chi connectivity index (χ0n) is 12.7. The largest absolute Gasteiger partial charge is 0.381 e. The molecular formula is C15H32N2O. The fourth-order valence-corrected chi connectivity index (χ4v) is 2.55. The zero-order valence-corrected chi connectivity index (χ0v) is 12.7. The lowest BCUT2D eigenvalue weighted by molar-refractivity contribution is 0.0937. The molecule has 0 aromatic heterocycles. The summed E-state index contributed by atoms with van der Waals surface area (Å²) in [7, 11) is 0. The number of nitrogens with zero attached hydrogens (tertiary/aromatic N) is 1. The van der Waals surface area contributed by atoms with Crippen molar-refractivity contribution < 1.29 is 4.74 Å². The first-order valence-corrected chi connectivity index (χ1v) is 7.58. The van der Waals surface area contributed by atoms with Gasteiger partial charge in [0.25, 0.3) is 0 Å². The fourth-order valence-electron chi connectivity index (χ4n) is 2.55. The van der Waals surface area contributed by atoms with E-state index < -0.39 is 0 Å². The molecule has 1 rings (SSSR count). The Bertz CT molecular complexity index is 197. The first-order valence-electron chi connectivity index (χ1n) is 7.58. The third-order valence-corrected chi connectivity index (χ3v) is 3.34. The second kappa shape index (κ2) is 8.89. The van der Waals surface area contributed by atoms with Crippen LogP contribution in [-0.4, -0.2) is 50.8 Å². The standard InChI is InChI=1S/C15H32N2O/c1-13(2)12-18-7-5-6-17-10-14(3)8-16-9-15(4)11-17/h13-16H,5-12H2,1-4H3. The molecule has 0 bridgehead atoms. The molecule has 3 heteroatoms. The highest BCUT2D eigenvalue weighted by molar-refractivity contribution is 4.72. The van der Waals surface area contributed by atoms with Crippen molar-refractivity contribution in [3.05, 3.63) is 0 Å². The van der Waals surface area contributed by atoms with E-state index in [1.807, 2.05) is 0 Å². The molecule has 0 aliphatic carbocycles. The van der Waals surface area contributed by atoms with Gasteiger partial charge in [0.15, 0.2) is 0 Å². The molecule has 0 radical (unpaired) electrons. The van der Waals surface area contributed by atoms with E-state index in [1.165, 1.54) is 26.1 Å². The second-order valence-electron chi connectivity index (χ2n) is 6.45. The van der Waals surface area contributed by atoms with Crippen molar-refractivity contribution in [2.75, 3.05) is 45.9 Å². The van der Waals surface area contributed by atoms with Crippen molar-refractivity contribution >= 4 is 0 Å². The van der Waals surface area contributed by atoms with Crippen molar-refractivity contribution in [2.45, 2.75) is 34.1 Å². The second-order valence-corrected chi connectivity index (χ2v) is 6.45. The lowest BCUT2D eigenvalue weighted by Gasteiger charge is -2.31. The van der Waals surface area contributed by atoms with Crippen LogP contribution in [-0.2, 0) is 4.74 Å². The molecule has 1 aliphatic rings. The van der Waals surface area contributed by atoms with Crippen LogP contribution in [0.15, 0.2) is 0 Å². The van der Waals surface area contributed by atoms with Crippen LogP contribution < -0.4 is 5.32 Å². The van der Waals surface area contributed by atoms with Crippen molar-refractivity contribution in [1.82, 2.24) is 10.2 Å². The summed E-state index contributed by atoms with van der Waals surface area (Å²) in [5.41, 5.74) is 0. The smallest absolute Gasteiger partial charge is 0.0489 e. The van der Waals surface area contributed by atoms with Gasteiger partial charge >= 0.3 is 0 Å². The van der Waals surface area contributed by atoms with Crippen LogP contribution in [0.3, 0.4) is 0 Å². The average molecular weight is 256 g/mol. The summed E-state index contributed by atoms with van der Waals surface area (Å²) >= 11 is 0. The van der Waals surface area contributed by atoms with Gasteiger partial charge in [0.2, 0.25) is 0 Å². The topological polar surface area (TPSA) is 24.5 Å². The van der Waals surface area contributed by atoms with Crippen LogP contribution in [0.1, 0.15) is 34.1 Å². The fraction of sp³-hybridized carbons (Fsp3) is 1.00. The van der Waals surface area contributed by atoms with Crippen molar-refractivity contribution in [2.24, 2.45) is 17.8 Å². The quantitative estimate of drug-likeness (QED) is 0.738. The molecule has 0 saturated carbocycles. The van der Waals surface area contributed by atoms with Gasteiger partial charge in [-0.3, -0.25) is 0 Å². The Hall–Kier alpha value is -0.120. The minimum atomic E-state index is 0.651. The summed E-state index contributed by atoms with van der Waals surface area (Å²) in [6.07, 6.45) is 1.17. The third-order valence-electron chi connectivity index (χ3n) is 3.34. The summed E-state index contributed by atoms with van der Waals surface area (Å²) in [6, 6.07) is 0. The maximum Gasteiger partial charge on any atom is 0.0489 e. The molecule has 1 heterocycles. The van der Waals surface area contributed by atoms with Crippen molar-refractivity contribution in [1.29, 1.82) is 0 Å². The average Bonchev–Trinajstić information content (AvgIpc) is 2.25. The van der Waals surface area contributed by atoms with Crippen LogP contribution >= 0.6 is 0 Å². The summed E-state index contributed by atoms with van der Waals surface area (Å²) in [5, 5.41) is 3.54. The van der Waals surface area contributed by atoms with Gasteiger partial charge in [-0.15, -0.1) is 0 Å². The highest BCUT2D eigenvalue weighted by Gasteiger charge is 2.16. The zero-order chi connectivity index (χ0) is 13.4. The lowest BCUT2D eigenvalue weighted by atomic mass is 10.1. The molecule has 1 N–H and O–H groups in total. The van der Waals surface area contributed by atoms with E-state index in [2.05, 4.69) is 37.9 Å². The van der Waals surface area contributed by atoms with Crippen LogP contribution in [0.5, 0.6) is 0 Å². The molecule has 1 fully saturated rings. The van der Waals surface area contributed by atoms with Crippen LogP contribution in [0.2, 0.25) is 0 Å². The predicted octanol–water partition coefficient (Wildman–Crippen LogP) is 2.23.